The summed E-state index contributed by atoms with van der Waals surface area (Å²) < 4.78 is 24.4. The van der Waals surface area contributed by atoms with Crippen LogP contribution in [0.2, 0.25) is 0 Å². The van der Waals surface area contributed by atoms with Crippen LogP contribution in [-0.4, -0.2) is 23.9 Å². The third-order valence-corrected chi connectivity index (χ3v) is 4.98. The number of thioether (sulfide) groups is 1. The lowest BCUT2D eigenvalue weighted by Gasteiger charge is -2.14. The average molecular weight is 389 g/mol. The lowest BCUT2D eigenvalue weighted by atomic mass is 10.1. The molecule has 3 rings (SSSR count). The fourth-order valence-electron chi connectivity index (χ4n) is 2.49. The molecule has 0 radical (unpaired) electrons. The van der Waals surface area contributed by atoms with Crippen molar-refractivity contribution < 1.29 is 18.7 Å². The van der Waals surface area contributed by atoms with Crippen molar-refractivity contribution in [2.75, 3.05) is 18.6 Å². The van der Waals surface area contributed by atoms with E-state index in [1.54, 1.807) is 19.3 Å². The van der Waals surface area contributed by atoms with Crippen molar-refractivity contribution in [3.05, 3.63) is 58.8 Å². The number of benzene rings is 2. The molecule has 0 N–H and O–H groups in total. The zero-order valence-corrected chi connectivity index (χ0v) is 15.8. The SMILES string of the molecule is CCOc1ccc(C=C2SC(=S)N(c3ccc(F)cc3)C2=O)c(OC)c1. The average Bonchev–Trinajstić information content (AvgIpc) is 2.91. The summed E-state index contributed by atoms with van der Waals surface area (Å²) in [4.78, 5) is 14.6. The standard InChI is InChI=1S/C19H16FNO3S2/c1-3-24-15-9-4-12(16(11-15)23-2)10-17-18(22)21(19(25)26-17)14-7-5-13(20)6-8-14/h4-11H,3H2,1-2H3. The summed E-state index contributed by atoms with van der Waals surface area (Å²) >= 11 is 6.52. The van der Waals surface area contributed by atoms with E-state index in [0.29, 0.717) is 33.0 Å². The van der Waals surface area contributed by atoms with Gasteiger partial charge in [0.25, 0.3) is 5.91 Å². The predicted molar refractivity (Wildman–Crippen MR) is 106 cm³/mol. The van der Waals surface area contributed by atoms with E-state index in [4.69, 9.17) is 21.7 Å². The molecule has 0 bridgehead atoms. The fraction of sp³-hybridized carbons (Fsp3) is 0.158. The molecule has 4 nitrogen and oxygen atoms in total. The van der Waals surface area contributed by atoms with Gasteiger partial charge in [-0.05, 0) is 49.4 Å². The van der Waals surface area contributed by atoms with Gasteiger partial charge in [0, 0.05) is 11.6 Å². The first kappa shape index (κ1) is 18.4. The molecule has 0 atom stereocenters. The highest BCUT2D eigenvalue weighted by molar-refractivity contribution is 8.27. The molecule has 2 aromatic carbocycles. The lowest BCUT2D eigenvalue weighted by molar-refractivity contribution is -0.113. The van der Waals surface area contributed by atoms with Gasteiger partial charge in [-0.2, -0.15) is 0 Å². The van der Waals surface area contributed by atoms with Crippen molar-refractivity contribution in [2.24, 2.45) is 0 Å². The van der Waals surface area contributed by atoms with Gasteiger partial charge in [0.2, 0.25) is 0 Å². The Balaban J connectivity index is 1.91. The molecular weight excluding hydrogens is 373 g/mol. The van der Waals surface area contributed by atoms with Gasteiger partial charge in [0.15, 0.2) is 4.32 Å². The molecule has 2 aromatic rings. The number of anilines is 1. The van der Waals surface area contributed by atoms with Crippen molar-refractivity contribution in [3.63, 3.8) is 0 Å². The summed E-state index contributed by atoms with van der Waals surface area (Å²) in [5, 5.41) is 0. The quantitative estimate of drug-likeness (QED) is 0.550. The highest BCUT2D eigenvalue weighted by Crippen LogP contribution is 2.37. The van der Waals surface area contributed by atoms with Gasteiger partial charge >= 0.3 is 0 Å². The molecule has 0 saturated carbocycles. The first-order chi connectivity index (χ1) is 12.5. The van der Waals surface area contributed by atoms with Gasteiger partial charge in [-0.15, -0.1) is 0 Å². The summed E-state index contributed by atoms with van der Waals surface area (Å²) in [6.45, 7) is 2.46. The number of carbonyl (C=O) groups is 1. The van der Waals surface area contributed by atoms with Crippen LogP contribution in [-0.2, 0) is 4.79 Å². The third-order valence-electron chi connectivity index (χ3n) is 3.68. The maximum Gasteiger partial charge on any atom is 0.270 e. The van der Waals surface area contributed by atoms with Crippen LogP contribution in [0.5, 0.6) is 11.5 Å². The van der Waals surface area contributed by atoms with Crippen LogP contribution in [0.15, 0.2) is 47.4 Å². The van der Waals surface area contributed by atoms with Crippen molar-refractivity contribution in [3.8, 4) is 11.5 Å². The van der Waals surface area contributed by atoms with Gasteiger partial charge in [-0.3, -0.25) is 9.69 Å². The van der Waals surface area contributed by atoms with E-state index in [1.807, 2.05) is 19.1 Å². The molecule has 1 aliphatic rings. The number of amides is 1. The lowest BCUT2D eigenvalue weighted by Crippen LogP contribution is -2.27. The van der Waals surface area contributed by atoms with Gasteiger partial charge in [0.05, 0.1) is 24.3 Å². The molecule has 0 spiro atoms. The smallest absolute Gasteiger partial charge is 0.270 e. The minimum absolute atomic E-state index is 0.248. The van der Waals surface area contributed by atoms with Crippen molar-refractivity contribution in [1.82, 2.24) is 0 Å². The first-order valence-corrected chi connectivity index (χ1v) is 9.10. The molecular formula is C19H16FNO3S2. The van der Waals surface area contributed by atoms with Crippen molar-refractivity contribution in [1.29, 1.82) is 0 Å². The normalized spacial score (nSPS) is 15.7. The molecule has 0 unspecified atom stereocenters. The Hall–Kier alpha value is -2.38. The van der Waals surface area contributed by atoms with E-state index in [-0.39, 0.29) is 11.7 Å². The summed E-state index contributed by atoms with van der Waals surface area (Å²) in [6, 6.07) is 11.1. The molecule has 1 heterocycles. The predicted octanol–water partition coefficient (Wildman–Crippen LogP) is 4.64. The number of thiocarbonyl (C=S) groups is 1. The van der Waals surface area contributed by atoms with Gasteiger partial charge in [-0.25, -0.2) is 4.39 Å². The second-order valence-electron chi connectivity index (χ2n) is 5.33. The second-order valence-corrected chi connectivity index (χ2v) is 7.01. The number of ether oxygens (including phenoxy) is 2. The number of rotatable bonds is 5. The zero-order valence-electron chi connectivity index (χ0n) is 14.2. The summed E-state index contributed by atoms with van der Waals surface area (Å²) in [6.07, 6.45) is 1.73. The van der Waals surface area contributed by atoms with E-state index in [9.17, 15) is 9.18 Å². The largest absolute Gasteiger partial charge is 0.496 e. The van der Waals surface area contributed by atoms with Crippen LogP contribution in [0.3, 0.4) is 0 Å². The Kier molecular flexibility index (Phi) is 5.58. The molecule has 1 amide bonds. The number of hydrogen-bond donors (Lipinski definition) is 0. The summed E-state index contributed by atoms with van der Waals surface area (Å²) in [5.74, 6) is 0.680. The van der Waals surface area contributed by atoms with Crippen molar-refractivity contribution in [2.45, 2.75) is 6.92 Å². The van der Waals surface area contributed by atoms with E-state index in [2.05, 4.69) is 0 Å². The van der Waals surface area contributed by atoms with E-state index >= 15 is 0 Å². The fourth-order valence-corrected chi connectivity index (χ4v) is 3.78. The molecule has 7 heteroatoms. The highest BCUT2D eigenvalue weighted by Gasteiger charge is 2.33. The maximum absolute atomic E-state index is 13.1. The highest BCUT2D eigenvalue weighted by atomic mass is 32.2. The van der Waals surface area contributed by atoms with Crippen molar-refractivity contribution >= 4 is 46.0 Å². The number of methoxy groups -OCH3 is 1. The Morgan fingerprint density at radius 1 is 1.23 bits per heavy atom. The second kappa shape index (κ2) is 7.88. The topological polar surface area (TPSA) is 38.8 Å². The van der Waals surface area contributed by atoms with Crippen LogP contribution in [0.25, 0.3) is 6.08 Å². The number of hydrogen-bond acceptors (Lipinski definition) is 5. The molecule has 0 aromatic heterocycles. The minimum atomic E-state index is -0.367. The maximum atomic E-state index is 13.1. The first-order valence-electron chi connectivity index (χ1n) is 7.88. The molecule has 1 fully saturated rings. The number of carbonyl (C=O) groups excluding carboxylic acids is 1. The molecule has 134 valence electrons. The van der Waals surface area contributed by atoms with E-state index in [1.165, 1.54) is 40.9 Å². The Labute approximate surface area is 160 Å². The van der Waals surface area contributed by atoms with Crippen LogP contribution >= 0.6 is 24.0 Å². The molecule has 0 aliphatic carbocycles. The minimum Gasteiger partial charge on any atom is -0.496 e. The Morgan fingerprint density at radius 3 is 2.62 bits per heavy atom. The molecule has 1 aliphatic heterocycles. The van der Waals surface area contributed by atoms with Gasteiger partial charge in [-0.1, -0.05) is 24.0 Å². The summed E-state index contributed by atoms with van der Waals surface area (Å²) in [5.41, 5.74) is 1.28. The number of halogens is 1. The molecule has 1 saturated heterocycles. The van der Waals surface area contributed by atoms with E-state index in [0.717, 1.165) is 5.56 Å². The van der Waals surface area contributed by atoms with Gasteiger partial charge in [0.1, 0.15) is 17.3 Å². The van der Waals surface area contributed by atoms with Crippen LogP contribution < -0.4 is 14.4 Å². The zero-order chi connectivity index (χ0) is 18.7. The Morgan fingerprint density at radius 2 is 1.96 bits per heavy atom. The van der Waals surface area contributed by atoms with Crippen LogP contribution in [0.4, 0.5) is 10.1 Å². The van der Waals surface area contributed by atoms with Crippen LogP contribution in [0, 0.1) is 5.82 Å². The van der Waals surface area contributed by atoms with Crippen LogP contribution in [0.1, 0.15) is 12.5 Å². The number of nitrogens with zero attached hydrogens (tertiary/aromatic N) is 1. The summed E-state index contributed by atoms with van der Waals surface area (Å²) in [7, 11) is 1.56. The van der Waals surface area contributed by atoms with E-state index < -0.39 is 0 Å². The third kappa shape index (κ3) is 3.73. The Bertz CT molecular complexity index is 881. The van der Waals surface area contributed by atoms with Gasteiger partial charge < -0.3 is 9.47 Å². The monoisotopic (exact) mass is 389 g/mol. The molecule has 26 heavy (non-hydrogen) atoms.